The Morgan fingerprint density at radius 1 is 1.20 bits per heavy atom. The maximum Gasteiger partial charge on any atom is 0.240 e. The molecule has 4 nitrogen and oxygen atoms in total. The Bertz CT molecular complexity index is 280. The van der Waals surface area contributed by atoms with Gasteiger partial charge in [-0.25, -0.2) is 4.89 Å². The van der Waals surface area contributed by atoms with E-state index in [-0.39, 0.29) is 5.78 Å². The average molecular weight is 212 g/mol. The van der Waals surface area contributed by atoms with Crippen LogP contribution in [0.25, 0.3) is 0 Å². The standard InChI is InChI=1S/C11H16O4/c1-10(2,3)14-15-11(13-4)7-5-9(12)6-8-11/h5-8H,1-4H3. The zero-order chi connectivity index (χ0) is 11.5. The highest BCUT2D eigenvalue weighted by Crippen LogP contribution is 2.23. The zero-order valence-electron chi connectivity index (χ0n) is 9.44. The number of carbonyl (C=O) groups is 1. The lowest BCUT2D eigenvalue weighted by Gasteiger charge is -2.29. The molecule has 15 heavy (non-hydrogen) atoms. The van der Waals surface area contributed by atoms with E-state index in [0.717, 1.165) is 0 Å². The second kappa shape index (κ2) is 4.26. The van der Waals surface area contributed by atoms with E-state index >= 15 is 0 Å². The summed E-state index contributed by atoms with van der Waals surface area (Å²) < 4.78 is 5.15. The Hall–Kier alpha value is -0.970. The molecule has 1 rings (SSSR count). The lowest BCUT2D eigenvalue weighted by atomic mass is 10.1. The van der Waals surface area contributed by atoms with E-state index in [9.17, 15) is 4.79 Å². The maximum absolute atomic E-state index is 10.9. The normalized spacial score (nSPS) is 19.6. The van der Waals surface area contributed by atoms with Crippen LogP contribution in [0.3, 0.4) is 0 Å². The number of allylic oxidation sites excluding steroid dienone is 2. The molecule has 0 saturated heterocycles. The first-order valence-electron chi connectivity index (χ1n) is 4.71. The van der Waals surface area contributed by atoms with Gasteiger partial charge in [-0.2, -0.15) is 4.89 Å². The van der Waals surface area contributed by atoms with Crippen molar-refractivity contribution in [3.63, 3.8) is 0 Å². The summed E-state index contributed by atoms with van der Waals surface area (Å²) >= 11 is 0. The van der Waals surface area contributed by atoms with Gasteiger partial charge in [-0.3, -0.25) is 4.79 Å². The summed E-state index contributed by atoms with van der Waals surface area (Å²) in [5.41, 5.74) is -0.436. The number of hydrogen-bond acceptors (Lipinski definition) is 4. The Labute approximate surface area is 89.4 Å². The molecule has 1 aliphatic carbocycles. The Kier molecular flexibility index (Phi) is 3.44. The van der Waals surface area contributed by atoms with Gasteiger partial charge in [0.1, 0.15) is 0 Å². The van der Waals surface area contributed by atoms with Gasteiger partial charge in [0.2, 0.25) is 5.79 Å². The minimum Gasteiger partial charge on any atom is -0.344 e. The van der Waals surface area contributed by atoms with Crippen LogP contribution in [0.2, 0.25) is 0 Å². The van der Waals surface area contributed by atoms with Crippen molar-refractivity contribution in [2.75, 3.05) is 7.11 Å². The third-order valence-electron chi connectivity index (χ3n) is 1.70. The van der Waals surface area contributed by atoms with E-state index in [1.54, 1.807) is 0 Å². The largest absolute Gasteiger partial charge is 0.344 e. The first-order chi connectivity index (χ1) is 6.87. The Morgan fingerprint density at radius 2 is 1.73 bits per heavy atom. The van der Waals surface area contributed by atoms with Gasteiger partial charge in [0.25, 0.3) is 0 Å². The molecule has 0 aromatic carbocycles. The van der Waals surface area contributed by atoms with E-state index in [4.69, 9.17) is 14.5 Å². The zero-order valence-corrected chi connectivity index (χ0v) is 9.44. The number of carbonyl (C=O) groups excluding carboxylic acids is 1. The van der Waals surface area contributed by atoms with E-state index < -0.39 is 11.4 Å². The summed E-state index contributed by atoms with van der Waals surface area (Å²) in [5, 5.41) is 0. The lowest BCUT2D eigenvalue weighted by Crippen LogP contribution is -2.35. The van der Waals surface area contributed by atoms with Crippen LogP contribution < -0.4 is 0 Å². The molecule has 0 heterocycles. The molecule has 1 aliphatic rings. The molecule has 4 heteroatoms. The molecule has 0 N–H and O–H groups in total. The van der Waals surface area contributed by atoms with E-state index in [1.165, 1.54) is 31.4 Å². The molecule has 0 unspecified atom stereocenters. The molecule has 0 aromatic heterocycles. The van der Waals surface area contributed by atoms with E-state index in [1.807, 2.05) is 20.8 Å². The Morgan fingerprint density at radius 3 is 2.13 bits per heavy atom. The average Bonchev–Trinajstić information content (AvgIpc) is 2.17. The van der Waals surface area contributed by atoms with Gasteiger partial charge in [0, 0.05) is 7.11 Å². The minimum absolute atomic E-state index is 0.0953. The van der Waals surface area contributed by atoms with E-state index in [0.29, 0.717) is 0 Å². The first kappa shape index (κ1) is 12.1. The maximum atomic E-state index is 10.9. The van der Waals surface area contributed by atoms with Crippen molar-refractivity contribution < 1.29 is 19.3 Å². The summed E-state index contributed by atoms with van der Waals surface area (Å²) in [4.78, 5) is 21.3. The van der Waals surface area contributed by atoms with Crippen molar-refractivity contribution in [3.05, 3.63) is 24.3 Å². The third kappa shape index (κ3) is 3.58. The van der Waals surface area contributed by atoms with Gasteiger partial charge in [-0.05, 0) is 45.1 Å². The summed E-state index contributed by atoms with van der Waals surface area (Å²) in [6, 6.07) is 0. The Balaban J connectivity index is 2.67. The smallest absolute Gasteiger partial charge is 0.240 e. The molecule has 0 saturated carbocycles. The summed E-state index contributed by atoms with van der Waals surface area (Å²) in [6.45, 7) is 5.58. The van der Waals surface area contributed by atoms with E-state index in [2.05, 4.69) is 0 Å². The molecule has 0 amide bonds. The molecular weight excluding hydrogens is 196 g/mol. The number of ether oxygens (including phenoxy) is 1. The van der Waals surface area contributed by atoms with Crippen LogP contribution in [0.15, 0.2) is 24.3 Å². The lowest BCUT2D eigenvalue weighted by molar-refractivity contribution is -0.427. The molecule has 0 aliphatic heterocycles. The first-order valence-corrected chi connectivity index (χ1v) is 4.71. The fourth-order valence-electron chi connectivity index (χ4n) is 0.923. The van der Waals surface area contributed by atoms with Crippen LogP contribution >= 0.6 is 0 Å². The van der Waals surface area contributed by atoms with Crippen molar-refractivity contribution in [2.24, 2.45) is 0 Å². The number of hydrogen-bond donors (Lipinski definition) is 0. The monoisotopic (exact) mass is 212 g/mol. The van der Waals surface area contributed by atoms with Gasteiger partial charge < -0.3 is 4.74 Å². The van der Waals surface area contributed by atoms with Crippen molar-refractivity contribution in [3.8, 4) is 0 Å². The van der Waals surface area contributed by atoms with Gasteiger partial charge in [0.15, 0.2) is 5.78 Å². The number of methoxy groups -OCH3 is 1. The number of rotatable bonds is 3. The SMILES string of the molecule is COC1(OOC(C)(C)C)C=CC(=O)C=C1. The van der Waals surface area contributed by atoms with Crippen LogP contribution in [0.5, 0.6) is 0 Å². The van der Waals surface area contributed by atoms with Crippen LogP contribution in [0, 0.1) is 0 Å². The van der Waals surface area contributed by atoms with Crippen LogP contribution in [0.4, 0.5) is 0 Å². The third-order valence-corrected chi connectivity index (χ3v) is 1.70. The molecule has 0 radical (unpaired) electrons. The highest BCUT2D eigenvalue weighted by molar-refractivity contribution is 6.00. The van der Waals surface area contributed by atoms with Gasteiger partial charge >= 0.3 is 0 Å². The quantitative estimate of drug-likeness (QED) is 0.406. The van der Waals surface area contributed by atoms with Gasteiger partial charge in [-0.15, -0.1) is 0 Å². The summed E-state index contributed by atoms with van der Waals surface area (Å²) in [7, 11) is 1.48. The fraction of sp³-hybridized carbons (Fsp3) is 0.545. The topological polar surface area (TPSA) is 44.8 Å². The van der Waals surface area contributed by atoms with Crippen molar-refractivity contribution >= 4 is 5.78 Å². The molecule has 0 atom stereocenters. The molecule has 0 spiro atoms. The van der Waals surface area contributed by atoms with Crippen molar-refractivity contribution in [2.45, 2.75) is 32.2 Å². The molecule has 84 valence electrons. The molecule has 0 aromatic rings. The van der Waals surface area contributed by atoms with Gasteiger partial charge in [-0.1, -0.05) is 0 Å². The predicted octanol–water partition coefficient (Wildman–Crippen LogP) is 1.77. The van der Waals surface area contributed by atoms with Crippen LogP contribution in [-0.2, 0) is 19.3 Å². The highest BCUT2D eigenvalue weighted by Gasteiger charge is 2.30. The predicted molar refractivity (Wildman–Crippen MR) is 55.0 cm³/mol. The van der Waals surface area contributed by atoms with Crippen LogP contribution in [0.1, 0.15) is 20.8 Å². The second-order valence-corrected chi connectivity index (χ2v) is 4.27. The summed E-state index contributed by atoms with van der Waals surface area (Å²) in [5.74, 6) is -1.19. The summed E-state index contributed by atoms with van der Waals surface area (Å²) in [6.07, 6.45) is 5.80. The highest BCUT2D eigenvalue weighted by atomic mass is 17.2. The second-order valence-electron chi connectivity index (χ2n) is 4.27. The molecule has 0 fully saturated rings. The molecular formula is C11H16O4. The van der Waals surface area contributed by atoms with Crippen molar-refractivity contribution in [1.82, 2.24) is 0 Å². The minimum atomic E-state index is -1.10. The van der Waals surface area contributed by atoms with Crippen LogP contribution in [-0.4, -0.2) is 24.3 Å². The number of ketones is 1. The fourth-order valence-corrected chi connectivity index (χ4v) is 0.923. The molecule has 0 bridgehead atoms. The van der Waals surface area contributed by atoms with Gasteiger partial charge in [0.05, 0.1) is 5.60 Å². The van der Waals surface area contributed by atoms with Crippen molar-refractivity contribution in [1.29, 1.82) is 0 Å².